The molecule has 1 aromatic carbocycles. The lowest BCUT2D eigenvalue weighted by Crippen LogP contribution is -2.43. The van der Waals surface area contributed by atoms with Gasteiger partial charge in [-0.15, -0.1) is 0 Å². The molecule has 0 aliphatic heterocycles. The average Bonchev–Trinajstić information content (AvgIpc) is 2.56. The van der Waals surface area contributed by atoms with Crippen LogP contribution >= 0.6 is 15.9 Å². The second-order valence-corrected chi connectivity index (χ2v) is 6.89. The van der Waals surface area contributed by atoms with Gasteiger partial charge in [0.05, 0.1) is 18.3 Å². The van der Waals surface area contributed by atoms with Crippen molar-refractivity contribution in [2.75, 3.05) is 24.2 Å². The summed E-state index contributed by atoms with van der Waals surface area (Å²) >= 11 is 3.16. The molecule has 0 bridgehead atoms. The van der Waals surface area contributed by atoms with Gasteiger partial charge in [0.25, 0.3) is 0 Å². The van der Waals surface area contributed by atoms with E-state index >= 15 is 0 Å². The number of carbonyl (C=O) groups excluding carboxylic acids is 2. The van der Waals surface area contributed by atoms with Gasteiger partial charge < -0.3 is 10.6 Å². The summed E-state index contributed by atoms with van der Waals surface area (Å²) in [6, 6.07) is 7.33. The monoisotopic (exact) mass is 422 g/mol. The number of anilines is 2. The highest BCUT2D eigenvalue weighted by Gasteiger charge is 2.21. The van der Waals surface area contributed by atoms with E-state index in [1.54, 1.807) is 37.2 Å². The summed E-state index contributed by atoms with van der Waals surface area (Å²) in [6.07, 6.45) is 1.61. The van der Waals surface area contributed by atoms with Crippen LogP contribution in [0, 0.1) is 12.7 Å². The number of nitrogens with one attached hydrogen (secondary N) is 2. The molecule has 8 heteroatoms. The summed E-state index contributed by atoms with van der Waals surface area (Å²) in [6.45, 7) is 3.54. The van der Waals surface area contributed by atoms with Crippen LogP contribution in [0.15, 0.2) is 41.0 Å². The molecule has 138 valence electrons. The third-order valence-electron chi connectivity index (χ3n) is 3.81. The topological polar surface area (TPSA) is 74.3 Å². The van der Waals surface area contributed by atoms with Crippen molar-refractivity contribution >= 4 is 39.2 Å². The number of aromatic nitrogens is 1. The van der Waals surface area contributed by atoms with E-state index in [-0.39, 0.29) is 18.1 Å². The summed E-state index contributed by atoms with van der Waals surface area (Å²) < 4.78 is 14.4. The number of hydrogen-bond donors (Lipinski definition) is 2. The Hall–Kier alpha value is -2.32. The summed E-state index contributed by atoms with van der Waals surface area (Å²) in [4.78, 5) is 30.1. The smallest absolute Gasteiger partial charge is 0.241 e. The minimum absolute atomic E-state index is 0.00692. The summed E-state index contributed by atoms with van der Waals surface area (Å²) in [5, 5.41) is 5.21. The molecule has 2 N–H and O–H groups in total. The molecule has 0 saturated heterocycles. The number of nitrogens with zero attached hydrogens (tertiary/aromatic N) is 2. The zero-order valence-electron chi connectivity index (χ0n) is 14.7. The van der Waals surface area contributed by atoms with Crippen LogP contribution in [0.5, 0.6) is 0 Å². The van der Waals surface area contributed by atoms with Gasteiger partial charge in [-0.2, -0.15) is 0 Å². The fraction of sp³-hybridized carbons (Fsp3) is 0.278. The van der Waals surface area contributed by atoms with Gasteiger partial charge in [-0.05, 0) is 56.8 Å². The number of benzene rings is 1. The van der Waals surface area contributed by atoms with Gasteiger partial charge in [0.1, 0.15) is 11.6 Å². The predicted octanol–water partition coefficient (Wildman–Crippen LogP) is 3.19. The van der Waals surface area contributed by atoms with E-state index in [9.17, 15) is 14.0 Å². The van der Waals surface area contributed by atoms with Crippen molar-refractivity contribution in [3.8, 4) is 0 Å². The van der Waals surface area contributed by atoms with Gasteiger partial charge in [-0.3, -0.25) is 14.5 Å². The molecule has 0 fully saturated rings. The van der Waals surface area contributed by atoms with Crippen molar-refractivity contribution in [1.82, 2.24) is 9.88 Å². The molecule has 6 nitrogen and oxygen atoms in total. The van der Waals surface area contributed by atoms with Gasteiger partial charge in [0, 0.05) is 10.7 Å². The fourth-order valence-electron chi connectivity index (χ4n) is 2.18. The second-order valence-electron chi connectivity index (χ2n) is 5.97. The lowest BCUT2D eigenvalue weighted by atomic mass is 10.2. The number of rotatable bonds is 6. The highest BCUT2D eigenvalue weighted by atomic mass is 79.9. The van der Waals surface area contributed by atoms with Crippen molar-refractivity contribution in [3.05, 3.63) is 52.4 Å². The summed E-state index contributed by atoms with van der Waals surface area (Å²) in [5.74, 6) is -0.779. The van der Waals surface area contributed by atoms with E-state index in [0.717, 1.165) is 5.56 Å². The third kappa shape index (κ3) is 5.60. The van der Waals surface area contributed by atoms with Crippen LogP contribution in [0.25, 0.3) is 0 Å². The van der Waals surface area contributed by atoms with Crippen molar-refractivity contribution in [1.29, 1.82) is 0 Å². The number of hydrogen-bond acceptors (Lipinski definition) is 4. The Balaban J connectivity index is 1.92. The van der Waals surface area contributed by atoms with Crippen LogP contribution in [0.1, 0.15) is 12.5 Å². The molecule has 26 heavy (non-hydrogen) atoms. The highest BCUT2D eigenvalue weighted by Crippen LogP contribution is 2.19. The number of carbonyl (C=O) groups is 2. The first kappa shape index (κ1) is 20.0. The molecule has 0 aliphatic rings. The lowest BCUT2D eigenvalue weighted by molar-refractivity contribution is -0.122. The van der Waals surface area contributed by atoms with Crippen molar-refractivity contribution in [2.45, 2.75) is 19.9 Å². The van der Waals surface area contributed by atoms with Crippen LogP contribution in [0.3, 0.4) is 0 Å². The Labute approximate surface area is 159 Å². The normalized spacial score (nSPS) is 11.9. The molecule has 1 aromatic heterocycles. The zero-order valence-corrected chi connectivity index (χ0v) is 16.3. The third-order valence-corrected chi connectivity index (χ3v) is 4.30. The number of likely N-dealkylation sites (N-methyl/N-ethyl adjacent to an activating group) is 1. The van der Waals surface area contributed by atoms with Gasteiger partial charge in [-0.1, -0.05) is 15.9 Å². The first-order valence-electron chi connectivity index (χ1n) is 7.95. The summed E-state index contributed by atoms with van der Waals surface area (Å²) in [5.41, 5.74) is 1.07. The van der Waals surface area contributed by atoms with Crippen LogP contribution in [0.2, 0.25) is 0 Å². The molecule has 2 amide bonds. The van der Waals surface area contributed by atoms with E-state index in [4.69, 9.17) is 0 Å². The molecule has 0 aliphatic carbocycles. The van der Waals surface area contributed by atoms with Crippen molar-refractivity contribution < 1.29 is 14.0 Å². The van der Waals surface area contributed by atoms with E-state index < -0.39 is 17.8 Å². The maximum Gasteiger partial charge on any atom is 0.241 e. The van der Waals surface area contributed by atoms with Gasteiger partial charge in [0.2, 0.25) is 11.8 Å². The molecule has 0 spiro atoms. The van der Waals surface area contributed by atoms with Crippen LogP contribution in [-0.4, -0.2) is 41.3 Å². The SMILES string of the molecule is Cc1ccnc(NC(=O)CN(C)C(C)C(=O)Nc2ccc(Br)cc2F)c1. The maximum absolute atomic E-state index is 13.8. The number of halogens is 2. The Bertz CT molecular complexity index is 816. The second kappa shape index (κ2) is 8.86. The van der Waals surface area contributed by atoms with Crippen molar-refractivity contribution in [3.63, 3.8) is 0 Å². The van der Waals surface area contributed by atoms with Crippen LogP contribution in [-0.2, 0) is 9.59 Å². The lowest BCUT2D eigenvalue weighted by Gasteiger charge is -2.23. The molecule has 0 radical (unpaired) electrons. The fourth-order valence-corrected chi connectivity index (χ4v) is 2.51. The number of aryl methyl sites for hydroxylation is 1. The Morgan fingerprint density at radius 3 is 2.65 bits per heavy atom. The molecule has 1 atom stereocenters. The van der Waals surface area contributed by atoms with E-state index in [1.165, 1.54) is 12.1 Å². The molecule has 2 rings (SSSR count). The van der Waals surface area contributed by atoms with Crippen molar-refractivity contribution in [2.24, 2.45) is 0 Å². The van der Waals surface area contributed by atoms with Gasteiger partial charge in [0.15, 0.2) is 0 Å². The zero-order chi connectivity index (χ0) is 19.3. The number of pyridine rings is 1. The molecular formula is C18H20BrFN4O2. The summed E-state index contributed by atoms with van der Waals surface area (Å²) in [7, 11) is 1.64. The average molecular weight is 423 g/mol. The Kier molecular flexibility index (Phi) is 6.82. The minimum Gasteiger partial charge on any atom is -0.322 e. The van der Waals surface area contributed by atoms with Gasteiger partial charge in [-0.25, -0.2) is 9.37 Å². The predicted molar refractivity (Wildman–Crippen MR) is 102 cm³/mol. The van der Waals surface area contributed by atoms with Gasteiger partial charge >= 0.3 is 0 Å². The molecule has 0 saturated carbocycles. The van der Waals surface area contributed by atoms with E-state index in [0.29, 0.717) is 10.3 Å². The van der Waals surface area contributed by atoms with E-state index in [1.807, 2.05) is 13.0 Å². The standard InChI is InChI=1S/C18H20BrFN4O2/c1-11-6-7-21-16(8-11)23-17(25)10-24(3)12(2)18(26)22-15-5-4-13(19)9-14(15)20/h4-9,12H,10H2,1-3H3,(H,22,26)(H,21,23,25). The Morgan fingerprint density at radius 2 is 2.00 bits per heavy atom. The van der Waals surface area contributed by atoms with E-state index in [2.05, 4.69) is 31.5 Å². The van der Waals surface area contributed by atoms with Crippen LogP contribution < -0.4 is 10.6 Å². The maximum atomic E-state index is 13.8. The Morgan fingerprint density at radius 1 is 1.27 bits per heavy atom. The minimum atomic E-state index is -0.630. The molecular weight excluding hydrogens is 403 g/mol. The van der Waals surface area contributed by atoms with Crippen LogP contribution in [0.4, 0.5) is 15.9 Å². The largest absolute Gasteiger partial charge is 0.322 e. The first-order chi connectivity index (χ1) is 12.3. The quantitative estimate of drug-likeness (QED) is 0.749. The highest BCUT2D eigenvalue weighted by molar-refractivity contribution is 9.10. The molecule has 2 aromatic rings. The number of amides is 2. The molecule has 1 heterocycles. The molecule has 1 unspecified atom stereocenters. The first-order valence-corrected chi connectivity index (χ1v) is 8.74.